The van der Waals surface area contributed by atoms with Crippen LogP contribution in [0.25, 0.3) is 10.1 Å². The molecule has 2 heterocycles. The van der Waals surface area contributed by atoms with E-state index in [1.54, 1.807) is 24.3 Å². The Morgan fingerprint density at radius 1 is 1.05 bits per heavy atom. The van der Waals surface area contributed by atoms with Gasteiger partial charge in [0.25, 0.3) is 5.91 Å². The molecule has 2 aliphatic rings. The number of anilines is 1. The van der Waals surface area contributed by atoms with Gasteiger partial charge in [-0.1, -0.05) is 43.7 Å². The number of Topliss-reactive ketones (excluding diaryl/α,β-unsaturated/α-hetero) is 1. The Bertz CT molecular complexity index is 1740. The lowest BCUT2D eigenvalue weighted by atomic mass is 9.72. The maximum atomic E-state index is 14.0. The zero-order chi connectivity index (χ0) is 30.3. The number of thiophene rings is 1. The summed E-state index contributed by atoms with van der Waals surface area (Å²) in [6, 6.07) is 10.7. The Balaban J connectivity index is 1.37. The number of nitrogens with two attached hydrogens (primary N) is 3. The van der Waals surface area contributed by atoms with Crippen molar-refractivity contribution in [2.45, 2.75) is 49.3 Å². The number of rotatable bonds is 7. The van der Waals surface area contributed by atoms with Crippen LogP contribution in [-0.4, -0.2) is 39.6 Å². The molecular formula is C31H31N7O4S. The van der Waals surface area contributed by atoms with Crippen LogP contribution in [0.15, 0.2) is 67.5 Å². The highest BCUT2D eigenvalue weighted by Crippen LogP contribution is 2.49. The normalized spacial score (nSPS) is 23.0. The summed E-state index contributed by atoms with van der Waals surface area (Å²) in [6.45, 7) is 3.52. The number of ether oxygens (including phenoxy) is 1. The summed E-state index contributed by atoms with van der Waals surface area (Å²) >= 11 is 1.17. The number of aromatic nitrogens is 2. The molecule has 0 radical (unpaired) electrons. The molecule has 0 aliphatic heterocycles. The third-order valence-electron chi connectivity index (χ3n) is 8.11. The second kappa shape index (κ2) is 11.2. The molecule has 0 saturated heterocycles. The van der Waals surface area contributed by atoms with Crippen molar-refractivity contribution >= 4 is 44.7 Å². The Labute approximate surface area is 251 Å². The first-order chi connectivity index (χ1) is 20.7. The summed E-state index contributed by atoms with van der Waals surface area (Å²) in [5.41, 5.74) is 19.5. The molecule has 6 rings (SSSR count). The van der Waals surface area contributed by atoms with Crippen LogP contribution in [0, 0.1) is 0 Å². The number of hydrogen-bond donors (Lipinski definition) is 5. The lowest BCUT2D eigenvalue weighted by Crippen LogP contribution is -2.54. The van der Waals surface area contributed by atoms with Crippen LogP contribution in [0.2, 0.25) is 0 Å². The monoisotopic (exact) mass is 597 g/mol. The van der Waals surface area contributed by atoms with Gasteiger partial charge in [0.05, 0.1) is 33.7 Å². The fourth-order valence-electron chi connectivity index (χ4n) is 5.95. The van der Waals surface area contributed by atoms with Gasteiger partial charge < -0.3 is 32.6 Å². The van der Waals surface area contributed by atoms with Crippen molar-refractivity contribution in [1.82, 2.24) is 20.6 Å². The number of nitrogen functional groups attached to an aromatic ring is 1. The largest absolute Gasteiger partial charge is 0.438 e. The first-order valence-electron chi connectivity index (χ1n) is 14.0. The molecule has 0 bridgehead atoms. The average molecular weight is 598 g/mol. The van der Waals surface area contributed by atoms with E-state index in [4.69, 9.17) is 21.9 Å². The molecule has 8 N–H and O–H groups in total. The summed E-state index contributed by atoms with van der Waals surface area (Å²) in [5.74, 6) is -0.400. The van der Waals surface area contributed by atoms with E-state index in [1.807, 2.05) is 18.2 Å². The van der Waals surface area contributed by atoms with E-state index < -0.39 is 17.4 Å². The minimum absolute atomic E-state index is 0.185. The molecule has 0 spiro atoms. The number of benzene rings is 2. The maximum absolute atomic E-state index is 14.0. The Kier molecular flexibility index (Phi) is 7.42. The summed E-state index contributed by atoms with van der Waals surface area (Å²) in [6.07, 6.45) is 7.28. The van der Waals surface area contributed by atoms with Crippen LogP contribution in [0.5, 0.6) is 11.6 Å². The zero-order valence-electron chi connectivity index (χ0n) is 23.2. The molecule has 2 aromatic carbocycles. The van der Waals surface area contributed by atoms with Gasteiger partial charge in [-0.15, -0.1) is 11.3 Å². The Morgan fingerprint density at radius 3 is 2.44 bits per heavy atom. The third kappa shape index (κ3) is 4.92. The van der Waals surface area contributed by atoms with Gasteiger partial charge in [0, 0.05) is 28.7 Å². The van der Waals surface area contributed by atoms with E-state index in [0.717, 1.165) is 19.3 Å². The van der Waals surface area contributed by atoms with Crippen LogP contribution in [0.1, 0.15) is 58.2 Å². The predicted octanol–water partition coefficient (Wildman–Crippen LogP) is 3.19. The van der Waals surface area contributed by atoms with E-state index in [9.17, 15) is 14.4 Å². The SMILES string of the molecule is C=CC(=O)N[C@H]1CCCC[C@H]1NC(=O)c1sc2c(N)ccc3c2c1C(N)C(=O)C3(N)c1cnc(Oc2ccccc2)cn1. The van der Waals surface area contributed by atoms with Gasteiger partial charge >= 0.3 is 0 Å². The highest BCUT2D eigenvalue weighted by molar-refractivity contribution is 7.21. The van der Waals surface area contributed by atoms with Crippen molar-refractivity contribution in [2.75, 3.05) is 5.73 Å². The van der Waals surface area contributed by atoms with E-state index in [-0.39, 0.29) is 40.3 Å². The topological polar surface area (TPSA) is 188 Å². The molecule has 11 nitrogen and oxygen atoms in total. The minimum atomic E-state index is -1.74. The molecule has 4 aromatic rings. The van der Waals surface area contributed by atoms with E-state index in [2.05, 4.69) is 27.2 Å². The van der Waals surface area contributed by atoms with Crippen molar-refractivity contribution < 1.29 is 19.1 Å². The highest BCUT2D eigenvalue weighted by Gasteiger charge is 2.50. The lowest BCUT2D eigenvalue weighted by molar-refractivity contribution is -0.125. The summed E-state index contributed by atoms with van der Waals surface area (Å²) in [4.78, 5) is 48.9. The number of carbonyl (C=O) groups is 3. The van der Waals surface area contributed by atoms with Crippen LogP contribution in [0.4, 0.5) is 5.69 Å². The molecular weight excluding hydrogens is 566 g/mol. The fraction of sp³-hybridized carbons (Fsp3) is 0.258. The molecule has 4 atom stereocenters. The van der Waals surface area contributed by atoms with Crippen molar-refractivity contribution in [3.05, 3.63) is 89.2 Å². The first-order valence-corrected chi connectivity index (χ1v) is 14.8. The van der Waals surface area contributed by atoms with E-state index in [0.29, 0.717) is 39.1 Å². The number of carbonyl (C=O) groups excluding carboxylic acids is 3. The molecule has 2 aliphatic carbocycles. The van der Waals surface area contributed by atoms with Gasteiger partial charge in [0.1, 0.15) is 11.3 Å². The van der Waals surface area contributed by atoms with Gasteiger partial charge in [0.2, 0.25) is 11.8 Å². The number of para-hydroxylation sites is 1. The first kappa shape index (κ1) is 28.5. The average Bonchev–Trinajstić information content (AvgIpc) is 3.43. The van der Waals surface area contributed by atoms with Gasteiger partial charge in [-0.2, -0.15) is 0 Å². The summed E-state index contributed by atoms with van der Waals surface area (Å²) in [5, 5.41) is 6.56. The van der Waals surface area contributed by atoms with E-state index >= 15 is 0 Å². The van der Waals surface area contributed by atoms with Crippen molar-refractivity contribution in [3.63, 3.8) is 0 Å². The molecule has 1 fully saturated rings. The molecule has 43 heavy (non-hydrogen) atoms. The smallest absolute Gasteiger partial charge is 0.262 e. The number of amides is 2. The molecule has 220 valence electrons. The Hall–Kier alpha value is -4.65. The number of nitrogens with one attached hydrogen (secondary N) is 2. The van der Waals surface area contributed by atoms with Crippen molar-refractivity contribution in [1.29, 1.82) is 0 Å². The van der Waals surface area contributed by atoms with Gasteiger partial charge in [0.15, 0.2) is 5.78 Å². The van der Waals surface area contributed by atoms with Gasteiger partial charge in [-0.25, -0.2) is 4.98 Å². The number of hydrogen-bond acceptors (Lipinski definition) is 10. The standard InChI is InChI=1S/C31H31N7O4S/c1-2-22(39)37-19-10-6-7-11-20(19)38-30(41)28-25-24-17(12-13-18(32)27(24)43-28)31(34,29(40)26(25)33)21-14-36-23(15-35-21)42-16-8-4-3-5-9-16/h2-5,8-9,12-15,19-20,26H,1,6-7,10-11,32-34H2,(H,37,39)(H,38,41)/t19-,20+,26?,31?/m0/s1. The van der Waals surface area contributed by atoms with E-state index in [1.165, 1.54) is 29.8 Å². The van der Waals surface area contributed by atoms with Crippen LogP contribution in [0.3, 0.4) is 0 Å². The Morgan fingerprint density at radius 2 is 1.77 bits per heavy atom. The van der Waals surface area contributed by atoms with Crippen LogP contribution >= 0.6 is 11.3 Å². The summed E-state index contributed by atoms with van der Waals surface area (Å²) in [7, 11) is 0. The minimum Gasteiger partial charge on any atom is -0.438 e. The predicted molar refractivity (Wildman–Crippen MR) is 164 cm³/mol. The molecule has 2 unspecified atom stereocenters. The van der Waals surface area contributed by atoms with Crippen molar-refractivity contribution in [2.24, 2.45) is 11.5 Å². The molecule has 1 saturated carbocycles. The van der Waals surface area contributed by atoms with Gasteiger partial charge in [-0.3, -0.25) is 19.4 Å². The quantitative estimate of drug-likeness (QED) is 0.157. The van der Waals surface area contributed by atoms with Crippen LogP contribution < -0.4 is 32.6 Å². The molecule has 2 amide bonds. The van der Waals surface area contributed by atoms with Crippen molar-refractivity contribution in [3.8, 4) is 11.6 Å². The highest BCUT2D eigenvalue weighted by atomic mass is 32.1. The van der Waals surface area contributed by atoms with Crippen LogP contribution in [-0.2, 0) is 15.1 Å². The second-order valence-corrected chi connectivity index (χ2v) is 11.8. The number of ketones is 1. The lowest BCUT2D eigenvalue weighted by Gasteiger charge is -2.35. The molecule has 2 aromatic heterocycles. The summed E-state index contributed by atoms with van der Waals surface area (Å²) < 4.78 is 6.35. The third-order valence-corrected chi connectivity index (χ3v) is 9.37. The maximum Gasteiger partial charge on any atom is 0.262 e. The second-order valence-electron chi connectivity index (χ2n) is 10.7. The zero-order valence-corrected chi connectivity index (χ0v) is 24.0. The fourth-order valence-corrected chi connectivity index (χ4v) is 7.15. The molecule has 12 heteroatoms. The number of nitrogens with zero attached hydrogens (tertiary/aromatic N) is 2. The van der Waals surface area contributed by atoms with Gasteiger partial charge in [-0.05, 0) is 42.7 Å².